The van der Waals surface area contributed by atoms with Crippen molar-refractivity contribution in [1.82, 2.24) is 4.90 Å². The third-order valence-corrected chi connectivity index (χ3v) is 5.22. The lowest BCUT2D eigenvalue weighted by Crippen LogP contribution is -2.39. The molecule has 0 N–H and O–H groups in total. The first-order valence-electron chi connectivity index (χ1n) is 8.86. The summed E-state index contributed by atoms with van der Waals surface area (Å²) in [6.45, 7) is 0.344. The minimum Gasteiger partial charge on any atom is -0.458 e. The molecule has 7 heteroatoms. The molecular weight excluding hydrogens is 376 g/mol. The Balaban J connectivity index is 1.63. The van der Waals surface area contributed by atoms with Crippen LogP contribution in [0.5, 0.6) is 0 Å². The van der Waals surface area contributed by atoms with Gasteiger partial charge in [0.1, 0.15) is 28.9 Å². The first-order valence-corrected chi connectivity index (χ1v) is 9.24. The lowest BCUT2D eigenvalue weighted by molar-refractivity contribution is 0.310. The van der Waals surface area contributed by atoms with Crippen LogP contribution in [0, 0.1) is 0 Å². The van der Waals surface area contributed by atoms with Crippen molar-refractivity contribution in [3.8, 4) is 11.1 Å². The number of fused-ring (bicyclic) bond motifs is 2. The van der Waals surface area contributed by atoms with Gasteiger partial charge in [0.2, 0.25) is 5.43 Å². The topological polar surface area (TPSA) is 70.5 Å². The van der Waals surface area contributed by atoms with Crippen LogP contribution < -0.4 is 5.43 Å². The molecule has 0 saturated heterocycles. The van der Waals surface area contributed by atoms with E-state index in [-0.39, 0.29) is 17.6 Å². The van der Waals surface area contributed by atoms with Crippen LogP contribution in [0.1, 0.15) is 5.76 Å². The fraction of sp³-hybridized carbons (Fsp3) is 0.143. The van der Waals surface area contributed by atoms with Gasteiger partial charge in [-0.2, -0.15) is 0 Å². The average molecular weight is 391 g/mol. The molecule has 2 unspecified atom stereocenters. The molecule has 0 amide bonds. The van der Waals surface area contributed by atoms with Crippen molar-refractivity contribution in [3.05, 3.63) is 70.6 Å². The van der Waals surface area contributed by atoms with E-state index in [9.17, 15) is 4.79 Å². The van der Waals surface area contributed by atoms with Gasteiger partial charge in [-0.1, -0.05) is 54.1 Å². The van der Waals surface area contributed by atoms with Crippen LogP contribution in [0.3, 0.4) is 0 Å². The second-order valence-corrected chi connectivity index (χ2v) is 6.99. The Morgan fingerprint density at radius 3 is 2.68 bits per heavy atom. The summed E-state index contributed by atoms with van der Waals surface area (Å²) in [5.41, 5.74) is 1.87. The van der Waals surface area contributed by atoms with Crippen molar-refractivity contribution < 1.29 is 4.42 Å². The molecule has 0 bridgehead atoms. The van der Waals surface area contributed by atoms with E-state index in [0.29, 0.717) is 34.0 Å². The van der Waals surface area contributed by atoms with E-state index in [1.165, 1.54) is 6.34 Å². The molecule has 0 fully saturated rings. The van der Waals surface area contributed by atoms with Crippen molar-refractivity contribution >= 4 is 40.4 Å². The highest BCUT2D eigenvalue weighted by molar-refractivity contribution is 6.67. The number of nitrogens with zero attached hydrogens (tertiary/aromatic N) is 4. The van der Waals surface area contributed by atoms with Gasteiger partial charge >= 0.3 is 0 Å². The fourth-order valence-corrected chi connectivity index (χ4v) is 3.78. The third kappa shape index (κ3) is 2.73. The second-order valence-electron chi connectivity index (χ2n) is 6.60. The summed E-state index contributed by atoms with van der Waals surface area (Å²) in [5, 5.41) is 0.964. The Morgan fingerprint density at radius 2 is 1.82 bits per heavy atom. The zero-order valence-corrected chi connectivity index (χ0v) is 15.5. The Hall–Kier alpha value is -3.25. The largest absolute Gasteiger partial charge is 0.458 e. The molecule has 0 radical (unpaired) electrons. The van der Waals surface area contributed by atoms with Gasteiger partial charge in [0.15, 0.2) is 6.17 Å². The first-order chi connectivity index (χ1) is 13.7. The van der Waals surface area contributed by atoms with Gasteiger partial charge in [-0.3, -0.25) is 9.79 Å². The molecule has 2 aliphatic rings. The zero-order chi connectivity index (χ0) is 19.1. The highest BCUT2D eigenvalue weighted by Gasteiger charge is 2.35. The van der Waals surface area contributed by atoms with Gasteiger partial charge in [0, 0.05) is 0 Å². The van der Waals surface area contributed by atoms with Gasteiger partial charge in [0.05, 0.1) is 23.8 Å². The summed E-state index contributed by atoms with van der Waals surface area (Å²) in [4.78, 5) is 28.0. The van der Waals surface area contributed by atoms with Crippen LogP contribution in [-0.2, 0) is 6.54 Å². The van der Waals surface area contributed by atoms with E-state index in [0.717, 1.165) is 5.56 Å². The number of halogens is 1. The van der Waals surface area contributed by atoms with E-state index in [2.05, 4.69) is 15.0 Å². The molecule has 2 aromatic carbocycles. The minimum atomic E-state index is -0.320. The Labute approximate surface area is 165 Å². The molecular formula is C21H15ClN4O2. The normalized spacial score (nSPS) is 20.5. The predicted octanol–water partition coefficient (Wildman–Crippen LogP) is 3.68. The molecule has 5 rings (SSSR count). The smallest absolute Gasteiger partial charge is 0.200 e. The molecule has 3 heterocycles. The summed E-state index contributed by atoms with van der Waals surface area (Å²) in [6, 6.07) is 16.5. The van der Waals surface area contributed by atoms with E-state index >= 15 is 0 Å². The molecule has 0 aliphatic carbocycles. The van der Waals surface area contributed by atoms with Crippen molar-refractivity contribution in [2.24, 2.45) is 15.0 Å². The monoisotopic (exact) mass is 390 g/mol. The highest BCUT2D eigenvalue weighted by Crippen LogP contribution is 2.28. The van der Waals surface area contributed by atoms with E-state index in [4.69, 9.17) is 16.0 Å². The SMILES string of the molecule is O=c1c(-c2ccccc2)c(CN2C=NC3C(Cl)=NC=NC32)oc2ccccc12. The number of rotatable bonds is 3. The zero-order valence-electron chi connectivity index (χ0n) is 14.7. The van der Waals surface area contributed by atoms with Crippen LogP contribution in [-0.4, -0.2) is 35.0 Å². The number of aliphatic imine (C=N–C) groups is 3. The molecule has 0 saturated carbocycles. The molecule has 2 aliphatic heterocycles. The van der Waals surface area contributed by atoms with Crippen LogP contribution in [0.4, 0.5) is 0 Å². The third-order valence-electron chi connectivity index (χ3n) is 4.90. The molecule has 3 aromatic rings. The van der Waals surface area contributed by atoms with Crippen LogP contribution in [0.15, 0.2) is 78.8 Å². The van der Waals surface area contributed by atoms with Crippen molar-refractivity contribution in [2.75, 3.05) is 0 Å². The lowest BCUT2D eigenvalue weighted by atomic mass is 10.0. The number of hydrogen-bond acceptors (Lipinski definition) is 6. The maximum absolute atomic E-state index is 13.3. The number of para-hydroxylation sites is 1. The van der Waals surface area contributed by atoms with Gasteiger partial charge in [-0.05, 0) is 17.7 Å². The van der Waals surface area contributed by atoms with Gasteiger partial charge < -0.3 is 9.32 Å². The van der Waals surface area contributed by atoms with Crippen molar-refractivity contribution in [1.29, 1.82) is 0 Å². The molecule has 138 valence electrons. The average Bonchev–Trinajstić information content (AvgIpc) is 3.13. The molecule has 2 atom stereocenters. The fourth-order valence-electron chi connectivity index (χ4n) is 3.57. The van der Waals surface area contributed by atoms with Crippen molar-refractivity contribution in [3.63, 3.8) is 0 Å². The molecule has 0 spiro atoms. The summed E-state index contributed by atoms with van der Waals surface area (Å²) < 4.78 is 6.18. The van der Waals surface area contributed by atoms with E-state index < -0.39 is 0 Å². The van der Waals surface area contributed by atoms with Crippen LogP contribution >= 0.6 is 11.6 Å². The van der Waals surface area contributed by atoms with Gasteiger partial charge in [-0.15, -0.1) is 0 Å². The summed E-state index contributed by atoms with van der Waals surface area (Å²) >= 11 is 6.16. The molecule has 1 aromatic heterocycles. The summed E-state index contributed by atoms with van der Waals surface area (Å²) in [6.07, 6.45) is 2.85. The summed E-state index contributed by atoms with van der Waals surface area (Å²) in [7, 11) is 0. The van der Waals surface area contributed by atoms with E-state index in [1.807, 2.05) is 47.4 Å². The maximum atomic E-state index is 13.3. The highest BCUT2D eigenvalue weighted by atomic mass is 35.5. The van der Waals surface area contributed by atoms with Gasteiger partial charge in [-0.25, -0.2) is 9.98 Å². The van der Waals surface area contributed by atoms with Crippen LogP contribution in [0.2, 0.25) is 0 Å². The molecule has 6 nitrogen and oxygen atoms in total. The Bertz CT molecular complexity index is 1200. The number of hydrogen-bond donors (Lipinski definition) is 0. The van der Waals surface area contributed by atoms with Crippen molar-refractivity contribution in [2.45, 2.75) is 18.8 Å². The standard InChI is InChI=1S/C21H15ClN4O2/c22-20-18-21(24-11-23-20)26(12-25-18)10-16-17(13-6-2-1-3-7-13)19(27)14-8-4-5-9-15(14)28-16/h1-9,11-12,18,21H,10H2. The summed E-state index contributed by atoms with van der Waals surface area (Å²) in [5.74, 6) is 0.566. The Kier molecular flexibility index (Phi) is 4.06. The van der Waals surface area contributed by atoms with Crippen LogP contribution in [0.25, 0.3) is 22.1 Å². The predicted molar refractivity (Wildman–Crippen MR) is 111 cm³/mol. The first kappa shape index (κ1) is 16.9. The number of benzene rings is 2. The van der Waals surface area contributed by atoms with Gasteiger partial charge in [0.25, 0.3) is 0 Å². The quantitative estimate of drug-likeness (QED) is 0.685. The van der Waals surface area contributed by atoms with E-state index in [1.54, 1.807) is 18.5 Å². The molecule has 28 heavy (non-hydrogen) atoms. The Morgan fingerprint density at radius 1 is 1.04 bits per heavy atom. The minimum absolute atomic E-state index is 0.0533. The second kappa shape index (κ2) is 6.73. The lowest BCUT2D eigenvalue weighted by Gasteiger charge is -2.25. The maximum Gasteiger partial charge on any atom is 0.200 e.